The highest BCUT2D eigenvalue weighted by molar-refractivity contribution is 4.72. The van der Waals surface area contributed by atoms with Gasteiger partial charge >= 0.3 is 0 Å². The molecule has 0 spiro atoms. The first kappa shape index (κ1) is 14.0. The van der Waals surface area contributed by atoms with Crippen molar-refractivity contribution in [2.75, 3.05) is 0 Å². The monoisotopic (exact) mass is 198 g/mol. The average molecular weight is 198 g/mol. The van der Waals surface area contributed by atoms with Gasteiger partial charge in [0.25, 0.3) is 0 Å². The molecule has 0 aromatic heterocycles. The second-order valence-corrected chi connectivity index (χ2v) is 5.23. The van der Waals surface area contributed by atoms with Crippen molar-refractivity contribution in [1.82, 2.24) is 0 Å². The third-order valence-electron chi connectivity index (χ3n) is 3.86. The van der Waals surface area contributed by atoms with Crippen LogP contribution in [0, 0.1) is 23.7 Å². The van der Waals surface area contributed by atoms with Gasteiger partial charge in [0.1, 0.15) is 0 Å². The molecule has 0 saturated heterocycles. The summed E-state index contributed by atoms with van der Waals surface area (Å²) in [5.74, 6) is 3.66. The Morgan fingerprint density at radius 1 is 0.786 bits per heavy atom. The molecule has 0 N–H and O–H groups in total. The van der Waals surface area contributed by atoms with Crippen LogP contribution in [0.3, 0.4) is 0 Å². The zero-order valence-electron chi connectivity index (χ0n) is 11.1. The van der Waals surface area contributed by atoms with E-state index in [1.807, 2.05) is 0 Å². The van der Waals surface area contributed by atoms with Crippen molar-refractivity contribution < 1.29 is 0 Å². The van der Waals surface area contributed by atoms with Crippen LogP contribution < -0.4 is 0 Å². The van der Waals surface area contributed by atoms with Gasteiger partial charge in [0.2, 0.25) is 0 Å². The molecule has 0 fully saturated rings. The first-order chi connectivity index (χ1) is 6.56. The zero-order chi connectivity index (χ0) is 11.1. The maximum atomic E-state index is 2.40. The lowest BCUT2D eigenvalue weighted by Crippen LogP contribution is -2.21. The molecule has 0 aliphatic carbocycles. The van der Waals surface area contributed by atoms with Gasteiger partial charge in [-0.25, -0.2) is 0 Å². The Kier molecular flexibility index (Phi) is 7.31. The fourth-order valence-corrected chi connectivity index (χ4v) is 2.68. The van der Waals surface area contributed by atoms with Gasteiger partial charge in [0.15, 0.2) is 0 Å². The van der Waals surface area contributed by atoms with Crippen molar-refractivity contribution in [3.05, 3.63) is 0 Å². The molecule has 3 atom stereocenters. The summed E-state index contributed by atoms with van der Waals surface area (Å²) in [4.78, 5) is 0. The molecule has 2 unspecified atom stereocenters. The molecular formula is C14H30. The van der Waals surface area contributed by atoms with Gasteiger partial charge in [0.05, 0.1) is 0 Å². The predicted octanol–water partition coefficient (Wildman–Crippen LogP) is 5.13. The van der Waals surface area contributed by atoms with Crippen molar-refractivity contribution in [2.24, 2.45) is 23.7 Å². The van der Waals surface area contributed by atoms with Crippen LogP contribution in [0.5, 0.6) is 0 Å². The van der Waals surface area contributed by atoms with E-state index in [2.05, 4.69) is 41.5 Å². The maximum absolute atomic E-state index is 2.40. The fourth-order valence-electron chi connectivity index (χ4n) is 2.68. The molecular weight excluding hydrogens is 168 g/mol. The van der Waals surface area contributed by atoms with E-state index < -0.39 is 0 Å². The minimum absolute atomic E-state index is 0.856. The molecule has 0 heteroatoms. The predicted molar refractivity (Wildman–Crippen MR) is 66.5 cm³/mol. The lowest BCUT2D eigenvalue weighted by molar-refractivity contribution is 0.201. The number of hydrogen-bond acceptors (Lipinski definition) is 0. The van der Waals surface area contributed by atoms with Gasteiger partial charge in [-0.1, -0.05) is 60.8 Å². The van der Waals surface area contributed by atoms with Crippen LogP contribution >= 0.6 is 0 Å². The normalized spacial score (nSPS) is 18.2. The number of rotatable bonds is 7. The molecule has 0 amide bonds. The summed E-state index contributed by atoms with van der Waals surface area (Å²) in [5, 5.41) is 0. The summed E-state index contributed by atoms with van der Waals surface area (Å²) in [6.07, 6.45) is 5.49. The van der Waals surface area contributed by atoms with Gasteiger partial charge in [-0.05, 0) is 30.1 Å². The summed E-state index contributed by atoms with van der Waals surface area (Å²) in [7, 11) is 0. The lowest BCUT2D eigenvalue weighted by Gasteiger charge is -2.30. The van der Waals surface area contributed by atoms with E-state index in [0.29, 0.717) is 0 Å². The lowest BCUT2D eigenvalue weighted by atomic mass is 9.76. The van der Waals surface area contributed by atoms with Crippen molar-refractivity contribution in [3.63, 3.8) is 0 Å². The van der Waals surface area contributed by atoms with E-state index in [0.717, 1.165) is 23.7 Å². The van der Waals surface area contributed by atoms with E-state index in [-0.39, 0.29) is 0 Å². The third kappa shape index (κ3) is 4.48. The maximum Gasteiger partial charge on any atom is -0.0365 e. The Morgan fingerprint density at radius 3 is 1.64 bits per heavy atom. The van der Waals surface area contributed by atoms with E-state index in [1.54, 1.807) is 0 Å². The molecule has 0 aliphatic heterocycles. The van der Waals surface area contributed by atoms with Crippen molar-refractivity contribution in [2.45, 2.75) is 67.2 Å². The molecule has 0 aromatic rings. The van der Waals surface area contributed by atoms with Crippen LogP contribution in [0.4, 0.5) is 0 Å². The van der Waals surface area contributed by atoms with Crippen molar-refractivity contribution >= 4 is 0 Å². The van der Waals surface area contributed by atoms with Crippen LogP contribution in [-0.4, -0.2) is 0 Å². The second-order valence-electron chi connectivity index (χ2n) is 5.23. The molecule has 0 heterocycles. The van der Waals surface area contributed by atoms with Crippen LogP contribution in [-0.2, 0) is 0 Å². The Balaban J connectivity index is 4.21. The summed E-state index contributed by atoms with van der Waals surface area (Å²) >= 11 is 0. The van der Waals surface area contributed by atoms with Gasteiger partial charge in [-0.2, -0.15) is 0 Å². The topological polar surface area (TPSA) is 0 Å². The highest BCUT2D eigenvalue weighted by Crippen LogP contribution is 2.32. The minimum Gasteiger partial charge on any atom is -0.0651 e. The van der Waals surface area contributed by atoms with E-state index in [1.165, 1.54) is 25.7 Å². The SMILES string of the molecule is CCC(C[C@H](C)CC)C(CC)C(C)C. The molecule has 86 valence electrons. The van der Waals surface area contributed by atoms with Crippen LogP contribution in [0.1, 0.15) is 67.2 Å². The molecule has 0 aromatic carbocycles. The molecule has 0 aliphatic rings. The molecule has 0 bridgehead atoms. The third-order valence-corrected chi connectivity index (χ3v) is 3.86. The smallest absolute Gasteiger partial charge is 0.0365 e. The first-order valence-corrected chi connectivity index (χ1v) is 6.56. The summed E-state index contributed by atoms with van der Waals surface area (Å²) in [6, 6.07) is 0. The van der Waals surface area contributed by atoms with E-state index in [4.69, 9.17) is 0 Å². The Morgan fingerprint density at radius 2 is 1.36 bits per heavy atom. The quantitative estimate of drug-likeness (QED) is 0.532. The van der Waals surface area contributed by atoms with Crippen molar-refractivity contribution in [1.29, 1.82) is 0 Å². The molecule has 0 saturated carbocycles. The largest absolute Gasteiger partial charge is 0.0651 e. The standard InChI is InChI=1S/C14H30/c1-7-12(6)10-13(8-2)14(9-3)11(4)5/h11-14H,7-10H2,1-6H3/t12-,13?,14?/m1/s1. The van der Waals surface area contributed by atoms with Crippen LogP contribution in [0.15, 0.2) is 0 Å². The summed E-state index contributed by atoms with van der Waals surface area (Å²) in [5.41, 5.74) is 0. The highest BCUT2D eigenvalue weighted by atomic mass is 14.3. The summed E-state index contributed by atoms with van der Waals surface area (Å²) in [6.45, 7) is 14.2. The molecule has 0 radical (unpaired) electrons. The fraction of sp³-hybridized carbons (Fsp3) is 1.00. The molecule has 0 nitrogen and oxygen atoms in total. The number of hydrogen-bond donors (Lipinski definition) is 0. The highest BCUT2D eigenvalue weighted by Gasteiger charge is 2.22. The van der Waals surface area contributed by atoms with E-state index in [9.17, 15) is 0 Å². The second kappa shape index (κ2) is 7.31. The molecule has 14 heavy (non-hydrogen) atoms. The average Bonchev–Trinajstić information content (AvgIpc) is 2.16. The van der Waals surface area contributed by atoms with E-state index >= 15 is 0 Å². The minimum atomic E-state index is 0.856. The van der Waals surface area contributed by atoms with Gasteiger partial charge in [0, 0.05) is 0 Å². The van der Waals surface area contributed by atoms with Gasteiger partial charge < -0.3 is 0 Å². The van der Waals surface area contributed by atoms with Crippen molar-refractivity contribution in [3.8, 4) is 0 Å². The zero-order valence-corrected chi connectivity index (χ0v) is 11.1. The Hall–Kier alpha value is 0. The first-order valence-electron chi connectivity index (χ1n) is 6.56. The van der Waals surface area contributed by atoms with Crippen LogP contribution in [0.25, 0.3) is 0 Å². The summed E-state index contributed by atoms with van der Waals surface area (Å²) < 4.78 is 0. The van der Waals surface area contributed by atoms with Crippen LogP contribution in [0.2, 0.25) is 0 Å². The Labute approximate surface area is 91.5 Å². The molecule has 0 rings (SSSR count). The Bertz CT molecular complexity index is 126. The van der Waals surface area contributed by atoms with Gasteiger partial charge in [-0.15, -0.1) is 0 Å². The van der Waals surface area contributed by atoms with Gasteiger partial charge in [-0.3, -0.25) is 0 Å².